The summed E-state index contributed by atoms with van der Waals surface area (Å²) < 4.78 is 6.97. The highest BCUT2D eigenvalue weighted by molar-refractivity contribution is 5.80. The zero-order valence-electron chi connectivity index (χ0n) is 17.0. The van der Waals surface area contributed by atoms with Crippen LogP contribution in [0.2, 0.25) is 0 Å². The van der Waals surface area contributed by atoms with Gasteiger partial charge in [0.25, 0.3) is 0 Å². The van der Waals surface area contributed by atoms with Gasteiger partial charge in [-0.25, -0.2) is 4.68 Å². The Bertz CT molecular complexity index is 781. The van der Waals surface area contributed by atoms with E-state index in [1.54, 1.807) is 4.68 Å². The lowest BCUT2D eigenvalue weighted by atomic mass is 9.75. The molecule has 156 valence electrons. The molecule has 0 N–H and O–H groups in total. The number of benzene rings is 1. The van der Waals surface area contributed by atoms with Gasteiger partial charge in [-0.2, -0.15) is 0 Å². The molecule has 0 bridgehead atoms. The lowest BCUT2D eigenvalue weighted by Crippen LogP contribution is -2.50. The van der Waals surface area contributed by atoms with E-state index >= 15 is 0 Å². The molecule has 1 atom stereocenters. The topological polar surface area (TPSA) is 90.2 Å². The average Bonchev–Trinajstić information content (AvgIpc) is 3.27. The first-order valence-electron chi connectivity index (χ1n) is 10.3. The number of carbonyl (C=O) groups excluding carboxylic acids is 2. The lowest BCUT2D eigenvalue weighted by Gasteiger charge is -2.41. The van der Waals surface area contributed by atoms with Crippen LogP contribution in [0, 0.1) is 5.41 Å². The highest BCUT2D eigenvalue weighted by Gasteiger charge is 2.44. The molecule has 2 heterocycles. The fraction of sp³-hybridized carbons (Fsp3) is 0.571. The zero-order chi connectivity index (χ0) is 20.5. The number of piperidine rings is 1. The van der Waals surface area contributed by atoms with Gasteiger partial charge in [0.05, 0.1) is 18.6 Å². The van der Waals surface area contributed by atoms with E-state index in [2.05, 4.69) is 27.7 Å². The number of likely N-dealkylation sites (tertiary alicyclic amines) is 1. The standard InChI is InChI=1S/C21H29N5O3/c1-2-29-20(28)21(12-6-10-18-8-4-3-5-9-18)13-7-14-25(16-21)19(27)11-15-26-17-22-23-24-26/h3-5,8-9,17H,2,6-7,10-16H2,1H3/t21-/m0/s1. The van der Waals surface area contributed by atoms with Crippen molar-refractivity contribution < 1.29 is 14.3 Å². The van der Waals surface area contributed by atoms with Gasteiger partial charge in [-0.05, 0) is 55.0 Å². The maximum absolute atomic E-state index is 12.9. The first-order valence-corrected chi connectivity index (χ1v) is 10.3. The molecule has 0 radical (unpaired) electrons. The quantitative estimate of drug-likeness (QED) is 0.601. The van der Waals surface area contributed by atoms with E-state index in [-0.39, 0.29) is 11.9 Å². The summed E-state index contributed by atoms with van der Waals surface area (Å²) >= 11 is 0. The van der Waals surface area contributed by atoms with Crippen LogP contribution in [0.3, 0.4) is 0 Å². The highest BCUT2D eigenvalue weighted by atomic mass is 16.5. The van der Waals surface area contributed by atoms with E-state index in [0.717, 1.165) is 32.1 Å². The van der Waals surface area contributed by atoms with Crippen molar-refractivity contribution in [3.8, 4) is 0 Å². The van der Waals surface area contributed by atoms with Gasteiger partial charge < -0.3 is 9.64 Å². The summed E-state index contributed by atoms with van der Waals surface area (Å²) in [6, 6.07) is 10.3. The van der Waals surface area contributed by atoms with Crippen LogP contribution < -0.4 is 0 Å². The average molecular weight is 399 g/mol. The number of hydrogen-bond donors (Lipinski definition) is 0. The third kappa shape index (κ3) is 5.62. The molecule has 1 fully saturated rings. The van der Waals surface area contributed by atoms with Crippen molar-refractivity contribution in [2.75, 3.05) is 19.7 Å². The summed E-state index contributed by atoms with van der Waals surface area (Å²) in [6.45, 7) is 3.71. The predicted molar refractivity (Wildman–Crippen MR) is 107 cm³/mol. The van der Waals surface area contributed by atoms with Gasteiger partial charge in [0.15, 0.2) is 0 Å². The maximum Gasteiger partial charge on any atom is 0.313 e. The first-order chi connectivity index (χ1) is 14.1. The molecule has 1 amide bonds. The second-order valence-corrected chi connectivity index (χ2v) is 7.58. The molecule has 3 rings (SSSR count). The molecule has 1 aromatic heterocycles. The molecule has 29 heavy (non-hydrogen) atoms. The van der Waals surface area contributed by atoms with Crippen molar-refractivity contribution in [1.82, 2.24) is 25.1 Å². The Morgan fingerprint density at radius 2 is 2.07 bits per heavy atom. The van der Waals surface area contributed by atoms with Crippen LogP contribution in [-0.2, 0) is 27.3 Å². The monoisotopic (exact) mass is 399 g/mol. The first kappa shape index (κ1) is 21.0. The van der Waals surface area contributed by atoms with Crippen LogP contribution in [0.5, 0.6) is 0 Å². The van der Waals surface area contributed by atoms with Crippen molar-refractivity contribution in [3.05, 3.63) is 42.2 Å². The summed E-state index contributed by atoms with van der Waals surface area (Å²) in [6.07, 6.45) is 5.89. The van der Waals surface area contributed by atoms with Crippen molar-refractivity contribution in [2.45, 2.75) is 52.0 Å². The second-order valence-electron chi connectivity index (χ2n) is 7.58. The van der Waals surface area contributed by atoms with Crippen LogP contribution in [-0.4, -0.2) is 56.7 Å². The number of carbonyl (C=O) groups is 2. The van der Waals surface area contributed by atoms with Crippen LogP contribution in [0.4, 0.5) is 0 Å². The fourth-order valence-electron chi connectivity index (χ4n) is 4.03. The molecule has 2 aromatic rings. The number of nitrogens with zero attached hydrogens (tertiary/aromatic N) is 5. The minimum absolute atomic E-state index is 0.0249. The van der Waals surface area contributed by atoms with Gasteiger partial charge in [0.2, 0.25) is 5.91 Å². The normalized spacial score (nSPS) is 19.1. The second kappa shape index (κ2) is 10.1. The number of hydrogen-bond acceptors (Lipinski definition) is 6. The molecular weight excluding hydrogens is 370 g/mol. The molecule has 1 aliphatic heterocycles. The molecular formula is C21H29N5O3. The number of amides is 1. The van der Waals surface area contributed by atoms with Crippen molar-refractivity contribution in [3.63, 3.8) is 0 Å². The minimum atomic E-state index is -0.618. The summed E-state index contributed by atoms with van der Waals surface area (Å²) in [7, 11) is 0. The summed E-state index contributed by atoms with van der Waals surface area (Å²) in [5.74, 6) is -0.150. The Kier molecular flexibility index (Phi) is 7.32. The van der Waals surface area contributed by atoms with Gasteiger partial charge in [0.1, 0.15) is 6.33 Å². The Balaban J connectivity index is 1.62. The van der Waals surface area contributed by atoms with E-state index < -0.39 is 5.41 Å². The van der Waals surface area contributed by atoms with Gasteiger partial charge in [-0.1, -0.05) is 30.3 Å². The Hall–Kier alpha value is -2.77. The third-order valence-electron chi connectivity index (χ3n) is 5.55. The number of esters is 1. The molecule has 1 aromatic carbocycles. The Morgan fingerprint density at radius 1 is 1.24 bits per heavy atom. The van der Waals surface area contributed by atoms with Crippen LogP contribution in [0.1, 0.15) is 44.6 Å². The van der Waals surface area contributed by atoms with E-state index in [4.69, 9.17) is 4.74 Å². The van der Waals surface area contributed by atoms with E-state index in [9.17, 15) is 9.59 Å². The summed E-state index contributed by atoms with van der Waals surface area (Å²) in [5, 5.41) is 11.0. The zero-order valence-corrected chi connectivity index (χ0v) is 17.0. The number of tetrazole rings is 1. The molecule has 0 saturated carbocycles. The van der Waals surface area contributed by atoms with Crippen molar-refractivity contribution in [1.29, 1.82) is 0 Å². The molecule has 0 aliphatic carbocycles. The van der Waals surface area contributed by atoms with Crippen LogP contribution in [0.15, 0.2) is 36.7 Å². The number of aromatic nitrogens is 4. The van der Waals surface area contributed by atoms with Gasteiger partial charge in [-0.15, -0.1) is 5.10 Å². The number of ether oxygens (including phenoxy) is 1. The third-order valence-corrected chi connectivity index (χ3v) is 5.55. The lowest BCUT2D eigenvalue weighted by molar-refractivity contribution is -0.161. The molecule has 1 saturated heterocycles. The molecule has 1 aliphatic rings. The van der Waals surface area contributed by atoms with Crippen molar-refractivity contribution >= 4 is 11.9 Å². The Labute approximate surface area is 171 Å². The van der Waals surface area contributed by atoms with Crippen LogP contribution >= 0.6 is 0 Å². The molecule has 0 spiro atoms. The minimum Gasteiger partial charge on any atom is -0.466 e. The van der Waals surface area contributed by atoms with Gasteiger partial charge in [0, 0.05) is 19.5 Å². The fourth-order valence-corrected chi connectivity index (χ4v) is 4.03. The molecule has 8 heteroatoms. The molecule has 8 nitrogen and oxygen atoms in total. The molecule has 0 unspecified atom stereocenters. The predicted octanol–water partition coefficient (Wildman–Crippen LogP) is 2.26. The van der Waals surface area contributed by atoms with E-state index in [1.807, 2.05) is 30.0 Å². The highest BCUT2D eigenvalue weighted by Crippen LogP contribution is 2.37. The summed E-state index contributed by atoms with van der Waals surface area (Å²) in [5.41, 5.74) is 0.643. The van der Waals surface area contributed by atoms with E-state index in [1.165, 1.54) is 11.9 Å². The Morgan fingerprint density at radius 3 is 2.79 bits per heavy atom. The van der Waals surface area contributed by atoms with Gasteiger partial charge >= 0.3 is 5.97 Å². The largest absolute Gasteiger partial charge is 0.466 e. The number of rotatable bonds is 9. The van der Waals surface area contributed by atoms with Crippen molar-refractivity contribution in [2.24, 2.45) is 5.41 Å². The SMILES string of the molecule is CCOC(=O)[C@@]1(CCCc2ccccc2)CCCN(C(=O)CCn2cnnn2)C1. The van der Waals surface area contributed by atoms with Crippen LogP contribution in [0.25, 0.3) is 0 Å². The smallest absolute Gasteiger partial charge is 0.313 e. The summed E-state index contributed by atoms with van der Waals surface area (Å²) in [4.78, 5) is 27.4. The van der Waals surface area contributed by atoms with E-state index in [0.29, 0.717) is 32.7 Å². The van der Waals surface area contributed by atoms with Gasteiger partial charge in [-0.3, -0.25) is 9.59 Å². The number of aryl methyl sites for hydroxylation is 2. The maximum atomic E-state index is 12.9.